The second-order valence-electron chi connectivity index (χ2n) is 4.20. The van der Waals surface area contributed by atoms with Crippen molar-refractivity contribution in [2.24, 2.45) is 5.92 Å². The van der Waals surface area contributed by atoms with E-state index in [2.05, 4.69) is 8.88 Å². The molecular weight excluding hydrogens is 196 g/mol. The van der Waals surface area contributed by atoms with Gasteiger partial charge in [0.25, 0.3) is 0 Å². The quantitative estimate of drug-likeness (QED) is 0.550. The normalized spacial score (nSPS) is 21.8. The van der Waals surface area contributed by atoms with Gasteiger partial charge in [0.1, 0.15) is 0 Å². The van der Waals surface area contributed by atoms with Crippen LogP contribution < -0.4 is 4.98 Å². The van der Waals surface area contributed by atoms with Gasteiger partial charge in [-0.15, -0.1) is 0 Å². The van der Waals surface area contributed by atoms with E-state index in [1.165, 1.54) is 59.5 Å². The summed E-state index contributed by atoms with van der Waals surface area (Å²) < 4.78 is 2.60. The maximum Gasteiger partial charge on any atom is 0.155 e. The van der Waals surface area contributed by atoms with Crippen molar-refractivity contribution in [1.82, 2.24) is 8.88 Å². The van der Waals surface area contributed by atoms with Crippen molar-refractivity contribution in [1.29, 1.82) is 0 Å². The molecule has 0 amide bonds. The molecule has 1 fully saturated rings. The summed E-state index contributed by atoms with van der Waals surface area (Å²) in [5.74, 6) is 1.02. The summed E-state index contributed by atoms with van der Waals surface area (Å²) in [7, 11) is 2.59. The van der Waals surface area contributed by atoms with Gasteiger partial charge in [-0.25, -0.2) is 0 Å². The average molecular weight is 219 g/mol. The van der Waals surface area contributed by atoms with Crippen LogP contribution in [-0.4, -0.2) is 41.1 Å². The van der Waals surface area contributed by atoms with Crippen LogP contribution in [0.5, 0.6) is 0 Å². The third-order valence-corrected chi connectivity index (χ3v) is 5.63. The molecule has 1 rings (SSSR count). The standard InChI is InChI=1S/C7H22N2Si3/c10-9(11)12-8-6-7-4-2-1-3-5-7/h7-8H,1-6,12H2,10-11H3. The molecule has 0 aliphatic heterocycles. The van der Waals surface area contributed by atoms with Crippen molar-refractivity contribution in [3.8, 4) is 0 Å². The molecule has 2 nitrogen and oxygen atoms in total. The predicted molar refractivity (Wildman–Crippen MR) is 64.8 cm³/mol. The number of rotatable bonds is 4. The lowest BCUT2D eigenvalue weighted by atomic mass is 9.90. The molecule has 1 aliphatic rings. The predicted octanol–water partition coefficient (Wildman–Crippen LogP) is -1.98. The zero-order chi connectivity index (χ0) is 8.81. The fourth-order valence-electron chi connectivity index (χ4n) is 1.88. The molecular formula is C7H22N2Si3. The third-order valence-electron chi connectivity index (χ3n) is 2.59. The van der Waals surface area contributed by atoms with Crippen molar-refractivity contribution < 1.29 is 0 Å². The van der Waals surface area contributed by atoms with E-state index in [1.807, 2.05) is 0 Å². The molecule has 1 saturated carbocycles. The Morgan fingerprint density at radius 1 is 1.25 bits per heavy atom. The highest BCUT2D eigenvalue weighted by Gasteiger charge is 2.12. The van der Waals surface area contributed by atoms with Gasteiger partial charge >= 0.3 is 0 Å². The minimum Gasteiger partial charge on any atom is -0.376 e. The van der Waals surface area contributed by atoms with Gasteiger partial charge in [-0.3, -0.25) is 0 Å². The average Bonchev–Trinajstić information content (AvgIpc) is 2.05. The SMILES string of the molecule is [SiH3]N([SiH3])[SiH2]NCC1CCCCC1. The maximum atomic E-state index is 3.69. The molecule has 1 aliphatic carbocycles. The van der Waals surface area contributed by atoms with Crippen LogP contribution in [0.2, 0.25) is 0 Å². The fourth-order valence-corrected chi connectivity index (χ4v) is 4.21. The van der Waals surface area contributed by atoms with Crippen molar-refractivity contribution >= 4 is 30.7 Å². The van der Waals surface area contributed by atoms with Crippen LogP contribution >= 0.6 is 0 Å². The number of nitrogens with one attached hydrogen (secondary N) is 1. The van der Waals surface area contributed by atoms with Gasteiger partial charge in [-0.1, -0.05) is 19.3 Å². The molecule has 0 aromatic heterocycles. The molecule has 0 radical (unpaired) electrons. The van der Waals surface area contributed by atoms with Crippen molar-refractivity contribution in [3.05, 3.63) is 0 Å². The first-order chi connectivity index (χ1) is 5.79. The molecule has 0 aromatic rings. The van der Waals surface area contributed by atoms with Crippen molar-refractivity contribution in [2.75, 3.05) is 6.54 Å². The lowest BCUT2D eigenvalue weighted by Gasteiger charge is -2.22. The second kappa shape index (κ2) is 6.09. The van der Waals surface area contributed by atoms with Gasteiger partial charge in [0.05, 0.1) is 20.8 Å². The minimum absolute atomic E-state index is 0.00788. The van der Waals surface area contributed by atoms with Crippen LogP contribution in [0.25, 0.3) is 0 Å². The summed E-state index contributed by atoms with van der Waals surface area (Å²) in [4.78, 5) is 3.69. The smallest absolute Gasteiger partial charge is 0.155 e. The molecule has 0 saturated heterocycles. The Balaban J connectivity index is 1.98. The third kappa shape index (κ3) is 4.56. The minimum atomic E-state index is 0.00788. The molecule has 5 heteroatoms. The van der Waals surface area contributed by atoms with E-state index in [4.69, 9.17) is 0 Å². The summed E-state index contributed by atoms with van der Waals surface area (Å²) in [6.07, 6.45) is 7.44. The van der Waals surface area contributed by atoms with Gasteiger partial charge in [0.2, 0.25) is 0 Å². The van der Waals surface area contributed by atoms with Gasteiger partial charge in [-0.05, 0) is 25.3 Å². The van der Waals surface area contributed by atoms with E-state index < -0.39 is 0 Å². The van der Waals surface area contributed by atoms with Crippen LogP contribution in [-0.2, 0) is 0 Å². The zero-order valence-corrected chi connectivity index (χ0v) is 13.9. The largest absolute Gasteiger partial charge is 0.376 e. The van der Waals surface area contributed by atoms with E-state index in [0.717, 1.165) is 5.92 Å². The summed E-state index contributed by atoms with van der Waals surface area (Å²) in [6, 6.07) is 0. The Morgan fingerprint density at radius 2 is 1.92 bits per heavy atom. The summed E-state index contributed by atoms with van der Waals surface area (Å²) in [6.45, 7) is 1.33. The van der Waals surface area contributed by atoms with Crippen molar-refractivity contribution in [2.45, 2.75) is 32.1 Å². The van der Waals surface area contributed by atoms with E-state index in [0.29, 0.717) is 0 Å². The van der Waals surface area contributed by atoms with Crippen LogP contribution in [0, 0.1) is 5.92 Å². The van der Waals surface area contributed by atoms with E-state index in [1.54, 1.807) is 0 Å². The Morgan fingerprint density at radius 3 is 2.50 bits per heavy atom. The number of nitrogens with zero attached hydrogens (tertiary/aromatic N) is 1. The highest BCUT2D eigenvalue weighted by atomic mass is 28.3. The topological polar surface area (TPSA) is 15.3 Å². The van der Waals surface area contributed by atoms with Gasteiger partial charge in [0.15, 0.2) is 9.84 Å². The van der Waals surface area contributed by atoms with Gasteiger partial charge in [-0.2, -0.15) is 0 Å². The summed E-state index contributed by atoms with van der Waals surface area (Å²) >= 11 is 0. The Hall–Kier alpha value is 0.571. The highest BCUT2D eigenvalue weighted by molar-refractivity contribution is 6.51. The fraction of sp³-hybridized carbons (Fsp3) is 1.00. The maximum absolute atomic E-state index is 3.69. The van der Waals surface area contributed by atoms with E-state index >= 15 is 0 Å². The first-order valence-corrected chi connectivity index (χ1v) is 8.27. The van der Waals surface area contributed by atoms with E-state index in [9.17, 15) is 0 Å². The van der Waals surface area contributed by atoms with Gasteiger partial charge in [0, 0.05) is 0 Å². The molecule has 0 heterocycles. The molecule has 0 unspecified atom stereocenters. The monoisotopic (exact) mass is 218 g/mol. The second-order valence-corrected chi connectivity index (χ2v) is 13.6. The molecule has 12 heavy (non-hydrogen) atoms. The highest BCUT2D eigenvalue weighted by Crippen LogP contribution is 2.22. The first-order valence-electron chi connectivity index (χ1n) is 5.14. The van der Waals surface area contributed by atoms with Crippen LogP contribution in [0.4, 0.5) is 0 Å². The lowest BCUT2D eigenvalue weighted by molar-refractivity contribution is 0.358. The molecule has 0 spiro atoms. The van der Waals surface area contributed by atoms with Crippen LogP contribution in [0.1, 0.15) is 32.1 Å². The molecule has 72 valence electrons. The van der Waals surface area contributed by atoms with Crippen LogP contribution in [0.15, 0.2) is 0 Å². The Kier molecular flexibility index (Phi) is 5.40. The molecule has 0 aromatic carbocycles. The van der Waals surface area contributed by atoms with Gasteiger partial charge < -0.3 is 8.88 Å². The lowest BCUT2D eigenvalue weighted by Crippen LogP contribution is -2.37. The molecule has 0 atom stereocenters. The number of hydrogen-bond donors (Lipinski definition) is 1. The summed E-state index contributed by atoms with van der Waals surface area (Å²) in [5.41, 5.74) is 0. The zero-order valence-electron chi connectivity index (χ0n) is 8.47. The Bertz CT molecular complexity index is 115. The summed E-state index contributed by atoms with van der Waals surface area (Å²) in [5, 5.41) is 0. The van der Waals surface area contributed by atoms with E-state index in [-0.39, 0.29) is 9.84 Å². The van der Waals surface area contributed by atoms with Crippen LogP contribution in [0.3, 0.4) is 0 Å². The molecule has 1 N–H and O–H groups in total. The first kappa shape index (κ1) is 10.7. The van der Waals surface area contributed by atoms with Crippen molar-refractivity contribution in [3.63, 3.8) is 0 Å². The molecule has 0 bridgehead atoms. The number of hydrogen-bond acceptors (Lipinski definition) is 2. The Labute approximate surface area is 84.5 Å².